The minimum absolute atomic E-state index is 0.233. The van der Waals surface area contributed by atoms with E-state index in [0.29, 0.717) is 12.0 Å². The minimum Gasteiger partial charge on any atom is -0.272 e. The van der Waals surface area contributed by atoms with Crippen molar-refractivity contribution in [3.05, 3.63) is 71.5 Å². The number of hydrogen-bond donors (Lipinski definition) is 2. The topological polar surface area (TPSA) is 84.0 Å². The molecule has 6 heteroatoms. The maximum absolute atomic E-state index is 13.6. The lowest BCUT2D eigenvalue weighted by Gasteiger charge is -2.39. The number of nitrogens with zero attached hydrogens (tertiary/aromatic N) is 2. The van der Waals surface area contributed by atoms with Crippen molar-refractivity contribution in [1.82, 2.24) is 20.8 Å². The van der Waals surface area contributed by atoms with Gasteiger partial charge >= 0.3 is 0 Å². The maximum atomic E-state index is 13.6. The second kappa shape index (κ2) is 6.11. The number of hydrazine groups is 1. The van der Waals surface area contributed by atoms with Gasteiger partial charge in [0.05, 0.1) is 22.4 Å². The van der Waals surface area contributed by atoms with Crippen LogP contribution in [0.4, 0.5) is 0 Å². The number of nitrogens with one attached hydrogen (secondary N) is 2. The molecule has 0 radical (unpaired) electrons. The summed E-state index contributed by atoms with van der Waals surface area (Å²) in [7, 11) is 0. The Bertz CT molecular complexity index is 1190. The van der Waals surface area contributed by atoms with Crippen LogP contribution >= 0.6 is 0 Å². The lowest BCUT2D eigenvalue weighted by Crippen LogP contribution is -2.55. The van der Waals surface area contributed by atoms with Crippen molar-refractivity contribution in [2.24, 2.45) is 5.41 Å². The van der Waals surface area contributed by atoms with E-state index in [9.17, 15) is 9.59 Å². The first-order valence-electron chi connectivity index (χ1n) is 10.2. The lowest BCUT2D eigenvalue weighted by molar-refractivity contribution is -0.131. The third-order valence-corrected chi connectivity index (χ3v) is 7.66. The van der Waals surface area contributed by atoms with Gasteiger partial charge in [0.1, 0.15) is 5.41 Å². The zero-order valence-corrected chi connectivity index (χ0v) is 17.3. The van der Waals surface area contributed by atoms with E-state index < -0.39 is 10.8 Å². The second-order valence-corrected chi connectivity index (χ2v) is 9.05. The van der Waals surface area contributed by atoms with E-state index >= 15 is 0 Å². The van der Waals surface area contributed by atoms with Crippen LogP contribution in [0.25, 0.3) is 11.0 Å². The summed E-state index contributed by atoms with van der Waals surface area (Å²) in [4.78, 5) is 35.9. The van der Waals surface area contributed by atoms with Crippen LogP contribution in [0.5, 0.6) is 0 Å². The van der Waals surface area contributed by atoms with Gasteiger partial charge in [-0.25, -0.2) is 9.97 Å². The molecule has 1 saturated carbocycles. The van der Waals surface area contributed by atoms with Gasteiger partial charge < -0.3 is 0 Å². The van der Waals surface area contributed by atoms with Crippen LogP contribution in [0.2, 0.25) is 0 Å². The van der Waals surface area contributed by atoms with Crippen LogP contribution in [-0.2, 0) is 15.6 Å². The molecular formula is C24H24N4O2. The van der Waals surface area contributed by atoms with Crippen molar-refractivity contribution in [2.75, 3.05) is 0 Å². The first kappa shape index (κ1) is 18.7. The van der Waals surface area contributed by atoms with Crippen LogP contribution in [-0.4, -0.2) is 21.8 Å². The number of carbonyl (C=O) groups is 2. The molecule has 2 bridgehead atoms. The fourth-order valence-corrected chi connectivity index (χ4v) is 5.43. The van der Waals surface area contributed by atoms with Gasteiger partial charge in [0.15, 0.2) is 0 Å². The van der Waals surface area contributed by atoms with E-state index in [1.165, 1.54) is 0 Å². The monoisotopic (exact) mass is 400 g/mol. The standard InChI is InChI=1S/C24H24N4O2/c1-22(2)23(3)13-14-24(22,19-18(23)25-16-11-7-8-12-17(16)26-19)21(30)28-27-20(29)15-9-5-4-6-10-15/h4-12H,13-14H2,1-3H3,(H,27,29)(H,28,30). The molecule has 0 saturated heterocycles. The van der Waals surface area contributed by atoms with Gasteiger partial charge in [-0.2, -0.15) is 0 Å². The Labute approximate surface area is 175 Å². The summed E-state index contributed by atoms with van der Waals surface area (Å²) in [5.41, 5.74) is 7.53. The van der Waals surface area contributed by atoms with Crippen LogP contribution < -0.4 is 10.9 Å². The van der Waals surface area contributed by atoms with E-state index in [1.54, 1.807) is 24.3 Å². The largest absolute Gasteiger partial charge is 0.272 e. The predicted octanol–water partition coefficient (Wildman–Crippen LogP) is 3.42. The second-order valence-electron chi connectivity index (χ2n) is 9.05. The van der Waals surface area contributed by atoms with E-state index in [0.717, 1.165) is 28.8 Å². The van der Waals surface area contributed by atoms with Gasteiger partial charge in [-0.15, -0.1) is 0 Å². The molecular weight excluding hydrogens is 376 g/mol. The number of carbonyl (C=O) groups excluding carboxylic acids is 2. The highest BCUT2D eigenvalue weighted by Crippen LogP contribution is 2.70. The molecule has 2 atom stereocenters. The number of para-hydroxylation sites is 2. The molecule has 1 heterocycles. The highest BCUT2D eigenvalue weighted by molar-refractivity contribution is 5.98. The molecule has 1 aromatic heterocycles. The zero-order chi connectivity index (χ0) is 21.1. The molecule has 6 nitrogen and oxygen atoms in total. The normalized spacial score (nSPS) is 25.7. The molecule has 2 amide bonds. The number of rotatable bonds is 2. The number of amides is 2. The summed E-state index contributed by atoms with van der Waals surface area (Å²) >= 11 is 0. The van der Waals surface area contributed by atoms with Gasteiger partial charge in [0.2, 0.25) is 0 Å². The van der Waals surface area contributed by atoms with Crippen molar-refractivity contribution in [3.63, 3.8) is 0 Å². The molecule has 2 unspecified atom stereocenters. The van der Waals surface area contributed by atoms with Crippen LogP contribution in [0.15, 0.2) is 54.6 Å². The zero-order valence-electron chi connectivity index (χ0n) is 17.3. The summed E-state index contributed by atoms with van der Waals surface area (Å²) < 4.78 is 0. The molecule has 2 aliphatic rings. The third-order valence-electron chi connectivity index (χ3n) is 7.66. The first-order chi connectivity index (χ1) is 14.3. The number of benzene rings is 2. The quantitative estimate of drug-likeness (QED) is 0.646. The van der Waals surface area contributed by atoms with Crippen molar-refractivity contribution < 1.29 is 9.59 Å². The molecule has 152 valence electrons. The summed E-state index contributed by atoms with van der Waals surface area (Å²) in [5, 5.41) is 0. The number of aromatic nitrogens is 2. The molecule has 0 spiro atoms. The van der Waals surface area contributed by atoms with Crippen molar-refractivity contribution >= 4 is 22.8 Å². The van der Waals surface area contributed by atoms with Gasteiger partial charge in [0, 0.05) is 11.0 Å². The van der Waals surface area contributed by atoms with E-state index in [-0.39, 0.29) is 17.2 Å². The Morgan fingerprint density at radius 3 is 2.07 bits per heavy atom. The third kappa shape index (κ3) is 2.19. The Balaban J connectivity index is 1.55. The van der Waals surface area contributed by atoms with Crippen LogP contribution in [0, 0.1) is 5.41 Å². The van der Waals surface area contributed by atoms with E-state index in [4.69, 9.17) is 9.97 Å². The lowest BCUT2D eigenvalue weighted by atomic mass is 9.63. The van der Waals surface area contributed by atoms with Crippen LogP contribution in [0.1, 0.15) is 55.4 Å². The number of fused-ring (bicyclic) bond motifs is 6. The van der Waals surface area contributed by atoms with Gasteiger partial charge in [-0.3, -0.25) is 20.4 Å². The van der Waals surface area contributed by atoms with Crippen LogP contribution in [0.3, 0.4) is 0 Å². The summed E-state index contributed by atoms with van der Waals surface area (Å²) in [6, 6.07) is 16.6. The minimum atomic E-state index is -0.849. The highest BCUT2D eigenvalue weighted by atomic mass is 16.2. The van der Waals surface area contributed by atoms with E-state index in [2.05, 4.69) is 31.6 Å². The average molecular weight is 400 g/mol. The maximum Gasteiger partial charge on any atom is 0.269 e. The molecule has 30 heavy (non-hydrogen) atoms. The predicted molar refractivity (Wildman–Crippen MR) is 114 cm³/mol. The molecule has 1 fully saturated rings. The van der Waals surface area contributed by atoms with Crippen molar-refractivity contribution in [2.45, 2.75) is 44.4 Å². The summed E-state index contributed by atoms with van der Waals surface area (Å²) in [5.74, 6) is -0.578. The van der Waals surface area contributed by atoms with Gasteiger partial charge in [0.25, 0.3) is 11.8 Å². The average Bonchev–Trinajstić information content (AvgIpc) is 3.06. The molecule has 2 aromatic carbocycles. The summed E-state index contributed by atoms with van der Waals surface area (Å²) in [6.07, 6.45) is 1.52. The first-order valence-corrected chi connectivity index (χ1v) is 10.2. The smallest absolute Gasteiger partial charge is 0.269 e. The Kier molecular flexibility index (Phi) is 3.81. The molecule has 2 aliphatic carbocycles. The van der Waals surface area contributed by atoms with Crippen molar-refractivity contribution in [3.8, 4) is 0 Å². The van der Waals surface area contributed by atoms with Gasteiger partial charge in [-0.05, 0) is 42.5 Å². The SMILES string of the molecule is CC12CCC(C(=O)NNC(=O)c3ccccc3)(c3nc4ccccc4nc31)C2(C)C. The van der Waals surface area contributed by atoms with Gasteiger partial charge in [-0.1, -0.05) is 51.1 Å². The Morgan fingerprint density at radius 1 is 0.800 bits per heavy atom. The molecule has 5 rings (SSSR count). The fraction of sp³-hybridized carbons (Fsp3) is 0.333. The number of hydrogen-bond acceptors (Lipinski definition) is 4. The fourth-order valence-electron chi connectivity index (χ4n) is 5.43. The highest BCUT2D eigenvalue weighted by Gasteiger charge is 2.73. The molecule has 3 aromatic rings. The Hall–Kier alpha value is -3.28. The molecule has 0 aliphatic heterocycles. The Morgan fingerprint density at radius 2 is 1.40 bits per heavy atom. The van der Waals surface area contributed by atoms with Crippen molar-refractivity contribution in [1.29, 1.82) is 0 Å². The molecule has 2 N–H and O–H groups in total. The van der Waals surface area contributed by atoms with E-state index in [1.807, 2.05) is 30.3 Å². The summed E-state index contributed by atoms with van der Waals surface area (Å²) in [6.45, 7) is 6.42.